The zero-order chi connectivity index (χ0) is 21.6. The number of nitrogens with zero attached hydrogens (tertiary/aromatic N) is 1. The van der Waals surface area contributed by atoms with Crippen LogP contribution in [0.1, 0.15) is 0 Å². The molecule has 0 aliphatic rings. The normalized spacial score (nSPS) is 9.69. The van der Waals surface area contributed by atoms with Crippen LogP contribution >= 0.6 is 0 Å². The van der Waals surface area contributed by atoms with Gasteiger partial charge in [-0.05, 0) is 0 Å². The molecule has 0 aromatic heterocycles. The SMILES string of the molecule is O=[N+]([O-])[O-].[Ce+4].[NH4+].[O]=[Mn](=[O])(=[O])[O-].[O]=[Mn](=[O])(=[O])[O-].[O]=[Mn](=[O])(=[O])[O-].[O]=[Mn](=[O])(=[O])[O-]. The second-order valence-corrected chi connectivity index (χ2v) is 6.46. The molecule has 26 heavy (non-hydrogen) atoms. The van der Waals surface area contributed by atoms with Crippen molar-refractivity contribution in [3.63, 3.8) is 0 Å². The Morgan fingerprint density at radius 1 is 0.462 bits per heavy atom. The summed E-state index contributed by atoms with van der Waals surface area (Å²) in [7, 11) is 0. The van der Waals surface area contributed by atoms with E-state index in [1.54, 1.807) is 0 Å². The summed E-state index contributed by atoms with van der Waals surface area (Å²) in [6.45, 7) is 0. The summed E-state index contributed by atoms with van der Waals surface area (Å²) >= 11 is -22.5. The average Bonchev–Trinajstić information content (AvgIpc) is 1.82. The molecule has 0 rings (SSSR count). The van der Waals surface area contributed by atoms with Crippen LogP contribution in [-0.2, 0) is 97.9 Å². The maximum absolute atomic E-state index is 8.58. The number of quaternary nitrogens is 1. The fourth-order valence-electron chi connectivity index (χ4n) is 0. The summed E-state index contributed by atoms with van der Waals surface area (Å²) in [5, 5.41) is 14.8. The summed E-state index contributed by atoms with van der Waals surface area (Å²) in [5.74, 6) is 0. The van der Waals surface area contributed by atoms with Crippen LogP contribution in [-0.4, -0.2) is 5.09 Å². The number of rotatable bonds is 0. The van der Waals surface area contributed by atoms with Crippen molar-refractivity contribution in [3.8, 4) is 0 Å². The first-order valence-corrected chi connectivity index (χ1v) is 10.7. The predicted molar refractivity (Wildman–Crippen MR) is 24.6 cm³/mol. The molecule has 0 aromatic carbocycles. The fourth-order valence-corrected chi connectivity index (χ4v) is 0. The Labute approximate surface area is 181 Å². The average molecular weight is 696 g/mol. The number of hydrogen-bond donors (Lipinski definition) is 1. The Morgan fingerprint density at radius 3 is 0.462 bits per heavy atom. The van der Waals surface area contributed by atoms with Crippen molar-refractivity contribution in [2.75, 3.05) is 0 Å². The fraction of sp³-hybridized carbons (Fsp3) is 0. The second kappa shape index (κ2) is 19.8. The molecule has 0 aliphatic heterocycles. The molecule has 0 heterocycles. The molecule has 4 N–H and O–H groups in total. The van der Waals surface area contributed by atoms with E-state index >= 15 is 0 Å². The van der Waals surface area contributed by atoms with Gasteiger partial charge in [-0.1, -0.05) is 0 Å². The van der Waals surface area contributed by atoms with Crippen LogP contribution in [0.25, 0.3) is 0 Å². The Bertz CT molecular complexity index is 771. The predicted octanol–water partition coefficient (Wildman–Crippen LogP) is -6.05. The molecule has 160 valence electrons. The van der Waals surface area contributed by atoms with Crippen LogP contribution < -0.4 is 22.9 Å². The molecule has 0 bridgehead atoms. The molecule has 0 atom stereocenters. The monoisotopic (exact) mass is 696 g/mol. The summed E-state index contributed by atoms with van der Waals surface area (Å²) in [6.07, 6.45) is 0. The van der Waals surface area contributed by atoms with Gasteiger partial charge in [0, 0.05) is 0 Å². The molecule has 0 saturated carbocycles. The number of hydrogen-bond acceptors (Lipinski definition) is 19. The van der Waals surface area contributed by atoms with E-state index < -0.39 is 57.0 Å². The molecule has 0 saturated heterocycles. The molecule has 0 radical (unpaired) electrons. The zero-order valence-corrected chi connectivity index (χ0v) is 19.1. The third-order valence-corrected chi connectivity index (χ3v) is 0. The van der Waals surface area contributed by atoms with Crippen LogP contribution in [0, 0.1) is 57.1 Å². The second-order valence-electron chi connectivity index (χ2n) is 1.74. The zero-order valence-electron chi connectivity index (χ0n) is 11.2. The summed E-state index contributed by atoms with van der Waals surface area (Å²) in [4.78, 5) is 8.25. The minimum atomic E-state index is -5.62. The molecule has 0 spiro atoms. The van der Waals surface area contributed by atoms with Crippen molar-refractivity contribution in [1.82, 2.24) is 6.15 Å². The van der Waals surface area contributed by atoms with E-state index in [0.717, 1.165) is 0 Å². The van der Waals surface area contributed by atoms with E-state index in [1.165, 1.54) is 0 Å². The molecule has 0 unspecified atom stereocenters. The topological polar surface area (TPSA) is 400 Å². The molecular weight excluding hydrogens is 692 g/mol. The van der Waals surface area contributed by atoms with Gasteiger partial charge in [0.05, 0.1) is 5.09 Å². The Hall–Kier alpha value is 0.0545. The minimum absolute atomic E-state index is 0. The van der Waals surface area contributed by atoms with Crippen molar-refractivity contribution >= 4 is 0 Å². The summed E-state index contributed by atoms with van der Waals surface area (Å²) in [6, 6.07) is 0. The molecule has 0 aliphatic carbocycles. The Morgan fingerprint density at radius 2 is 0.462 bits per heavy atom. The third kappa shape index (κ3) is 4300000. The van der Waals surface area contributed by atoms with E-state index in [0.29, 0.717) is 0 Å². The first kappa shape index (κ1) is 45.0. The maximum atomic E-state index is 8.58. The van der Waals surface area contributed by atoms with Gasteiger partial charge in [-0.3, -0.25) is 0 Å². The van der Waals surface area contributed by atoms with Crippen LogP contribution in [0.5, 0.6) is 0 Å². The van der Waals surface area contributed by atoms with Gasteiger partial charge in [-0.15, -0.1) is 0 Å². The summed E-state index contributed by atoms with van der Waals surface area (Å²) in [5.41, 5.74) is 0. The van der Waals surface area contributed by atoms with E-state index in [2.05, 4.69) is 0 Å². The van der Waals surface area contributed by atoms with E-state index in [1.807, 2.05) is 0 Å². The Balaban J connectivity index is -0.0000000341. The molecule has 26 heteroatoms. The van der Waals surface area contributed by atoms with Crippen LogP contribution in [0.15, 0.2) is 0 Å². The molecule has 0 amide bonds. The van der Waals surface area contributed by atoms with Crippen LogP contribution in [0.2, 0.25) is 0 Å². The van der Waals surface area contributed by atoms with Gasteiger partial charge >= 0.3 is 156 Å². The van der Waals surface area contributed by atoms with Gasteiger partial charge in [-0.25, -0.2) is 0 Å². The van der Waals surface area contributed by atoms with Crippen molar-refractivity contribution in [2.45, 2.75) is 0 Å². The molecule has 21 nitrogen and oxygen atoms in total. The van der Waals surface area contributed by atoms with E-state index in [4.69, 9.17) is 78.1 Å². The third-order valence-electron chi connectivity index (χ3n) is 0. The van der Waals surface area contributed by atoms with E-state index in [-0.39, 0.29) is 47.9 Å². The summed E-state index contributed by atoms with van der Waals surface area (Å²) < 4.78 is 137. The Kier molecular flexibility index (Phi) is 34.3. The van der Waals surface area contributed by atoms with Gasteiger partial charge in [0.15, 0.2) is 0 Å². The molecule has 0 aromatic rings. The van der Waals surface area contributed by atoms with Crippen molar-refractivity contribution < 1.29 is 161 Å². The standard InChI is InChI=1S/Ce.4Mn.NO3.H3N.16O/c;;;;;2-1(3)4;;;;;;;;;;;;;;;;;/h;;;;;;1H3;;;;;;;;;;;;;;;;/q+4;;;;;-1;;;;;;;;;;;;;;4*-1/p+1. The van der Waals surface area contributed by atoms with Crippen LogP contribution in [0.3, 0.4) is 0 Å². The van der Waals surface area contributed by atoms with Crippen molar-refractivity contribution in [1.29, 1.82) is 0 Å². The first-order chi connectivity index (χ1) is 9.73. The van der Waals surface area contributed by atoms with Crippen molar-refractivity contribution in [3.05, 3.63) is 15.3 Å². The molecular formula is H4CeMn4N2O19. The van der Waals surface area contributed by atoms with Crippen LogP contribution in [0.4, 0.5) is 0 Å². The quantitative estimate of drug-likeness (QED) is 0.140. The first-order valence-electron chi connectivity index (χ1n) is 3.02. The van der Waals surface area contributed by atoms with Gasteiger partial charge in [0.25, 0.3) is 0 Å². The van der Waals surface area contributed by atoms with Gasteiger partial charge in [0.2, 0.25) is 0 Å². The molecule has 0 fully saturated rings. The van der Waals surface area contributed by atoms with Crippen molar-refractivity contribution in [2.24, 2.45) is 0 Å². The van der Waals surface area contributed by atoms with E-state index in [9.17, 15) is 0 Å². The van der Waals surface area contributed by atoms with Gasteiger partial charge in [-0.2, -0.15) is 0 Å². The van der Waals surface area contributed by atoms with Gasteiger partial charge < -0.3 is 21.5 Å². The van der Waals surface area contributed by atoms with Gasteiger partial charge in [0.1, 0.15) is 0 Å².